The predicted molar refractivity (Wildman–Crippen MR) is 66.3 cm³/mol. The van der Waals surface area contributed by atoms with E-state index in [-0.39, 0.29) is 23.1 Å². The van der Waals surface area contributed by atoms with Crippen molar-refractivity contribution in [1.82, 2.24) is 9.71 Å². The van der Waals surface area contributed by atoms with Crippen molar-refractivity contribution >= 4 is 16.0 Å². The Bertz CT molecular complexity index is 565. The van der Waals surface area contributed by atoms with Gasteiger partial charge in [0.05, 0.1) is 6.10 Å². The molecule has 0 aromatic carbocycles. The fourth-order valence-corrected chi connectivity index (χ4v) is 3.30. The number of carbonyl (C=O) groups is 1. The Morgan fingerprint density at radius 2 is 2.21 bits per heavy atom. The zero-order valence-electron chi connectivity index (χ0n) is 10.2. The normalized spacial score (nSPS) is 23.6. The summed E-state index contributed by atoms with van der Waals surface area (Å²) >= 11 is 0. The lowest BCUT2D eigenvalue weighted by atomic mass is 10.1. The molecule has 2 unspecified atom stereocenters. The van der Waals surface area contributed by atoms with Crippen LogP contribution in [0.4, 0.5) is 0 Å². The van der Waals surface area contributed by atoms with Crippen LogP contribution in [0.5, 0.6) is 0 Å². The van der Waals surface area contributed by atoms with E-state index in [2.05, 4.69) is 9.71 Å². The number of nitrogens with one attached hydrogen (secondary N) is 2. The summed E-state index contributed by atoms with van der Waals surface area (Å²) in [5.74, 6) is -1.29. The number of rotatable bonds is 5. The van der Waals surface area contributed by atoms with E-state index >= 15 is 0 Å². The maximum absolute atomic E-state index is 11.9. The van der Waals surface area contributed by atoms with Gasteiger partial charge in [0.25, 0.3) is 0 Å². The maximum atomic E-state index is 11.9. The molecule has 4 N–H and O–H groups in total. The van der Waals surface area contributed by atoms with Gasteiger partial charge in [0, 0.05) is 12.7 Å². The fraction of sp³-hybridized carbons (Fsp3) is 0.545. The lowest BCUT2D eigenvalue weighted by Gasteiger charge is -2.14. The molecule has 1 heterocycles. The molecule has 0 bridgehead atoms. The van der Waals surface area contributed by atoms with Gasteiger partial charge in [-0.3, -0.25) is 0 Å². The molecule has 0 spiro atoms. The third-order valence-corrected chi connectivity index (χ3v) is 4.75. The number of H-pyrrole nitrogens is 1. The summed E-state index contributed by atoms with van der Waals surface area (Å²) in [5.41, 5.74) is -0.179. The fourth-order valence-electron chi connectivity index (χ4n) is 2.21. The topological polar surface area (TPSA) is 119 Å². The van der Waals surface area contributed by atoms with Crippen molar-refractivity contribution in [1.29, 1.82) is 0 Å². The van der Waals surface area contributed by atoms with Crippen LogP contribution in [0.25, 0.3) is 0 Å². The SMILES string of the molecule is O=C(O)c1cc(S(=O)(=O)NCC2CCCC2O)c[nH]1. The molecule has 0 aliphatic heterocycles. The van der Waals surface area contributed by atoms with E-state index in [0.29, 0.717) is 6.42 Å². The maximum Gasteiger partial charge on any atom is 0.352 e. The van der Waals surface area contributed by atoms with Crippen LogP contribution in [-0.2, 0) is 10.0 Å². The van der Waals surface area contributed by atoms with Crippen LogP contribution in [0.2, 0.25) is 0 Å². The van der Waals surface area contributed by atoms with Crippen molar-refractivity contribution in [2.45, 2.75) is 30.3 Å². The molecule has 8 heteroatoms. The highest BCUT2D eigenvalue weighted by atomic mass is 32.2. The Balaban J connectivity index is 2.03. The van der Waals surface area contributed by atoms with Crippen molar-refractivity contribution < 1.29 is 23.4 Å². The van der Waals surface area contributed by atoms with Gasteiger partial charge in [-0.25, -0.2) is 17.9 Å². The van der Waals surface area contributed by atoms with Gasteiger partial charge in [0.1, 0.15) is 10.6 Å². The molecule has 2 atom stereocenters. The molecule has 19 heavy (non-hydrogen) atoms. The standard InChI is InChI=1S/C11H16N2O5S/c14-10-3-1-2-7(10)5-13-19(17,18)8-4-9(11(15)16)12-6-8/h4,6-7,10,12-14H,1-3,5H2,(H,15,16). The summed E-state index contributed by atoms with van der Waals surface area (Å²) in [6, 6.07) is 1.07. The summed E-state index contributed by atoms with van der Waals surface area (Å²) in [5, 5.41) is 18.3. The number of sulfonamides is 1. The quantitative estimate of drug-likeness (QED) is 0.615. The summed E-state index contributed by atoms with van der Waals surface area (Å²) < 4.78 is 26.3. The highest BCUT2D eigenvalue weighted by molar-refractivity contribution is 7.89. The first kappa shape index (κ1) is 14.0. The molecule has 106 valence electrons. The molecule has 1 aromatic heterocycles. The van der Waals surface area contributed by atoms with Gasteiger partial charge in [0.2, 0.25) is 10.0 Å². The number of aromatic nitrogens is 1. The number of carboxylic acids is 1. The van der Waals surface area contributed by atoms with Gasteiger partial charge in [-0.05, 0) is 24.8 Å². The number of hydrogen-bond donors (Lipinski definition) is 4. The van der Waals surface area contributed by atoms with E-state index in [1.807, 2.05) is 0 Å². The van der Waals surface area contributed by atoms with Crippen LogP contribution >= 0.6 is 0 Å². The van der Waals surface area contributed by atoms with Crippen molar-refractivity contribution in [3.05, 3.63) is 18.0 Å². The number of hydrogen-bond acceptors (Lipinski definition) is 4. The van der Waals surface area contributed by atoms with Crippen LogP contribution in [0.3, 0.4) is 0 Å². The highest BCUT2D eigenvalue weighted by Gasteiger charge is 2.27. The summed E-state index contributed by atoms with van der Waals surface area (Å²) in [7, 11) is -3.74. The molecule has 7 nitrogen and oxygen atoms in total. The molecule has 1 saturated carbocycles. The second kappa shape index (κ2) is 5.32. The minimum atomic E-state index is -3.74. The number of aromatic carboxylic acids is 1. The van der Waals surface area contributed by atoms with Crippen LogP contribution in [0.1, 0.15) is 29.8 Å². The van der Waals surface area contributed by atoms with Crippen LogP contribution in [0.15, 0.2) is 17.2 Å². The van der Waals surface area contributed by atoms with Gasteiger partial charge in [-0.15, -0.1) is 0 Å². The zero-order chi connectivity index (χ0) is 14.0. The molecule has 0 radical (unpaired) electrons. The molecular formula is C11H16N2O5S. The zero-order valence-corrected chi connectivity index (χ0v) is 11.0. The number of carboxylic acid groups (broad SMARTS) is 1. The molecular weight excluding hydrogens is 272 g/mol. The monoisotopic (exact) mass is 288 g/mol. The van der Waals surface area contributed by atoms with Crippen LogP contribution in [-0.4, -0.2) is 42.2 Å². The number of aliphatic hydroxyl groups excluding tert-OH is 1. The summed E-state index contributed by atoms with van der Waals surface area (Å²) in [4.78, 5) is 12.9. The highest BCUT2D eigenvalue weighted by Crippen LogP contribution is 2.25. The lowest BCUT2D eigenvalue weighted by molar-refractivity contribution is 0.0691. The minimum Gasteiger partial charge on any atom is -0.477 e. The molecule has 0 saturated heterocycles. The lowest BCUT2D eigenvalue weighted by Crippen LogP contribution is -2.32. The van der Waals surface area contributed by atoms with Crippen molar-refractivity contribution in [3.8, 4) is 0 Å². The van der Waals surface area contributed by atoms with Crippen molar-refractivity contribution in [2.75, 3.05) is 6.54 Å². The van der Waals surface area contributed by atoms with Gasteiger partial charge < -0.3 is 15.2 Å². The second-order valence-corrected chi connectivity index (χ2v) is 6.43. The first-order valence-electron chi connectivity index (χ1n) is 5.99. The third-order valence-electron chi connectivity index (χ3n) is 3.35. The molecule has 1 fully saturated rings. The summed E-state index contributed by atoms with van der Waals surface area (Å²) in [6.45, 7) is 0.164. The predicted octanol–water partition coefficient (Wildman–Crippen LogP) is 0.152. The summed E-state index contributed by atoms with van der Waals surface area (Å²) in [6.07, 6.45) is 3.04. The largest absolute Gasteiger partial charge is 0.477 e. The first-order chi connectivity index (χ1) is 8.90. The smallest absolute Gasteiger partial charge is 0.352 e. The minimum absolute atomic E-state index is 0.0762. The van der Waals surface area contributed by atoms with Crippen molar-refractivity contribution in [3.63, 3.8) is 0 Å². The van der Waals surface area contributed by atoms with Gasteiger partial charge in [-0.1, -0.05) is 6.42 Å². The Hall–Kier alpha value is -1.38. The molecule has 2 rings (SSSR count). The van der Waals surface area contributed by atoms with Crippen LogP contribution in [0, 0.1) is 5.92 Å². The molecule has 1 aliphatic carbocycles. The number of aromatic amines is 1. The molecule has 1 aliphatic rings. The van der Waals surface area contributed by atoms with Gasteiger partial charge in [0.15, 0.2) is 0 Å². The Morgan fingerprint density at radius 1 is 1.47 bits per heavy atom. The van der Waals surface area contributed by atoms with Crippen molar-refractivity contribution in [2.24, 2.45) is 5.92 Å². The van der Waals surface area contributed by atoms with Gasteiger partial charge >= 0.3 is 5.97 Å². The Kier molecular flexibility index (Phi) is 3.93. The van der Waals surface area contributed by atoms with E-state index < -0.39 is 22.1 Å². The first-order valence-corrected chi connectivity index (χ1v) is 7.48. The van der Waals surface area contributed by atoms with E-state index in [4.69, 9.17) is 5.11 Å². The van der Waals surface area contributed by atoms with E-state index in [1.54, 1.807) is 0 Å². The van der Waals surface area contributed by atoms with E-state index in [9.17, 15) is 18.3 Å². The molecule has 1 aromatic rings. The van der Waals surface area contributed by atoms with Gasteiger partial charge in [-0.2, -0.15) is 0 Å². The second-order valence-electron chi connectivity index (χ2n) is 4.66. The van der Waals surface area contributed by atoms with E-state index in [0.717, 1.165) is 25.1 Å². The average Bonchev–Trinajstić information content (AvgIpc) is 2.95. The number of aliphatic hydroxyl groups is 1. The Labute approximate surface area is 110 Å². The third kappa shape index (κ3) is 3.14. The van der Waals surface area contributed by atoms with Crippen LogP contribution < -0.4 is 4.72 Å². The Morgan fingerprint density at radius 3 is 2.74 bits per heavy atom. The average molecular weight is 288 g/mol. The van der Waals surface area contributed by atoms with E-state index in [1.165, 1.54) is 0 Å². The molecule has 0 amide bonds.